The second-order valence-corrected chi connectivity index (χ2v) is 7.41. The van der Waals surface area contributed by atoms with Crippen LogP contribution in [-0.4, -0.2) is 47.5 Å². The molecule has 0 fully saturated rings. The van der Waals surface area contributed by atoms with Gasteiger partial charge in [-0.25, -0.2) is 0 Å². The Bertz CT molecular complexity index is 1240. The van der Waals surface area contributed by atoms with Crippen LogP contribution in [0.5, 0.6) is 0 Å². The number of hydrogen-bond acceptors (Lipinski definition) is 6. The fourth-order valence-corrected chi connectivity index (χ4v) is 3.26. The first-order chi connectivity index (χ1) is 15.8. The van der Waals surface area contributed by atoms with Gasteiger partial charge >= 0.3 is 5.97 Å². The molecule has 1 aromatic heterocycles. The second kappa shape index (κ2) is 10.4. The Morgan fingerprint density at radius 3 is 2.48 bits per heavy atom. The van der Waals surface area contributed by atoms with Gasteiger partial charge in [0.2, 0.25) is 0 Å². The van der Waals surface area contributed by atoms with Gasteiger partial charge in [-0.3, -0.25) is 19.2 Å². The number of rotatable bonds is 9. The summed E-state index contributed by atoms with van der Waals surface area (Å²) in [7, 11) is 1.74. The van der Waals surface area contributed by atoms with Crippen molar-refractivity contribution in [3.8, 4) is 0 Å². The normalized spacial score (nSPS) is 11.6. The Kier molecular flexibility index (Phi) is 7.42. The molecule has 3 aromatic rings. The standard InChI is InChI=1S/C23H25N5O5/c1-25-18-6-2-4-14-12-16(22(31)28-19(14)18)21(30)27-15-9-7-13(8-10-15)20(29)26-11-3-5-17(24)23(32)33/h2,4,6-10,12,17,25H,3,5,11,24H2,1H3,(H,26,29)(H,27,30)(H,28,31)(H,32,33)/t17-/m0/s1. The van der Waals surface area contributed by atoms with Crippen LogP contribution in [-0.2, 0) is 4.79 Å². The Labute approximate surface area is 189 Å². The number of fused-ring (bicyclic) bond motifs is 1. The van der Waals surface area contributed by atoms with Crippen LogP contribution >= 0.6 is 0 Å². The number of aliphatic carboxylic acids is 1. The molecule has 7 N–H and O–H groups in total. The van der Waals surface area contributed by atoms with Crippen LogP contribution < -0.4 is 27.2 Å². The van der Waals surface area contributed by atoms with Crippen molar-refractivity contribution in [2.75, 3.05) is 24.2 Å². The average Bonchev–Trinajstić information content (AvgIpc) is 2.81. The fourth-order valence-electron chi connectivity index (χ4n) is 3.26. The minimum absolute atomic E-state index is 0.0304. The topological polar surface area (TPSA) is 166 Å². The number of carbonyl (C=O) groups is 3. The molecule has 0 radical (unpaired) electrons. The Morgan fingerprint density at radius 2 is 1.82 bits per heavy atom. The van der Waals surface area contributed by atoms with Gasteiger partial charge in [0.25, 0.3) is 17.4 Å². The zero-order valence-electron chi connectivity index (χ0n) is 18.0. The molecule has 0 unspecified atom stereocenters. The molecule has 3 rings (SSSR count). The molecule has 1 atom stereocenters. The maximum absolute atomic E-state index is 12.7. The highest BCUT2D eigenvalue weighted by Crippen LogP contribution is 2.20. The lowest BCUT2D eigenvalue weighted by Crippen LogP contribution is -2.32. The number of para-hydroxylation sites is 1. The van der Waals surface area contributed by atoms with Crippen molar-refractivity contribution < 1.29 is 19.5 Å². The molecule has 2 amide bonds. The summed E-state index contributed by atoms with van der Waals surface area (Å²) < 4.78 is 0. The average molecular weight is 451 g/mol. The SMILES string of the molecule is CNc1cccc2cc(C(=O)Nc3ccc(C(=O)NCCC[C@H](N)C(=O)O)cc3)c(=O)[nH]c12. The van der Waals surface area contributed by atoms with Gasteiger partial charge in [0.05, 0.1) is 11.2 Å². The molecule has 33 heavy (non-hydrogen) atoms. The molecule has 2 aromatic carbocycles. The van der Waals surface area contributed by atoms with Gasteiger partial charge in [-0.1, -0.05) is 12.1 Å². The lowest BCUT2D eigenvalue weighted by Gasteiger charge is -2.10. The monoisotopic (exact) mass is 451 g/mol. The highest BCUT2D eigenvalue weighted by molar-refractivity contribution is 6.06. The summed E-state index contributed by atoms with van der Waals surface area (Å²) >= 11 is 0. The molecule has 10 heteroatoms. The van der Waals surface area contributed by atoms with Crippen LogP contribution in [0.25, 0.3) is 10.9 Å². The summed E-state index contributed by atoms with van der Waals surface area (Å²) in [5.74, 6) is -1.98. The van der Waals surface area contributed by atoms with Crippen molar-refractivity contribution in [2.24, 2.45) is 5.73 Å². The summed E-state index contributed by atoms with van der Waals surface area (Å²) in [6, 6.07) is 12.2. The van der Waals surface area contributed by atoms with Crippen molar-refractivity contribution >= 4 is 40.1 Å². The number of aromatic nitrogens is 1. The number of nitrogens with two attached hydrogens (primary N) is 1. The predicted octanol–water partition coefficient (Wildman–Crippen LogP) is 1.74. The van der Waals surface area contributed by atoms with E-state index in [0.29, 0.717) is 28.6 Å². The number of carboxylic acid groups (broad SMARTS) is 1. The summed E-state index contributed by atoms with van der Waals surface area (Å²) in [5, 5.41) is 17.8. The molecule has 0 saturated carbocycles. The maximum Gasteiger partial charge on any atom is 0.320 e. The van der Waals surface area contributed by atoms with E-state index in [0.717, 1.165) is 5.69 Å². The zero-order valence-corrected chi connectivity index (χ0v) is 18.0. The van der Waals surface area contributed by atoms with Crippen LogP contribution in [0, 0.1) is 0 Å². The molecule has 0 aliphatic carbocycles. The lowest BCUT2D eigenvalue weighted by molar-refractivity contribution is -0.138. The number of carbonyl (C=O) groups excluding carboxylic acids is 2. The largest absolute Gasteiger partial charge is 0.480 e. The van der Waals surface area contributed by atoms with E-state index >= 15 is 0 Å². The minimum atomic E-state index is -1.08. The molecule has 0 aliphatic heterocycles. The van der Waals surface area contributed by atoms with Gasteiger partial charge in [0.15, 0.2) is 0 Å². The van der Waals surface area contributed by atoms with E-state index in [9.17, 15) is 19.2 Å². The third-order valence-corrected chi connectivity index (χ3v) is 5.09. The van der Waals surface area contributed by atoms with E-state index in [2.05, 4.69) is 20.9 Å². The van der Waals surface area contributed by atoms with Gasteiger partial charge in [-0.05, 0) is 49.2 Å². The first-order valence-electron chi connectivity index (χ1n) is 10.3. The Hall–Kier alpha value is -4.18. The van der Waals surface area contributed by atoms with Gasteiger partial charge < -0.3 is 31.8 Å². The summed E-state index contributed by atoms with van der Waals surface area (Å²) in [6.45, 7) is 0.290. The molecule has 0 bridgehead atoms. The molecular formula is C23H25N5O5. The van der Waals surface area contributed by atoms with E-state index in [1.807, 2.05) is 12.1 Å². The quantitative estimate of drug-likeness (QED) is 0.269. The van der Waals surface area contributed by atoms with Crippen molar-refractivity contribution in [3.05, 3.63) is 70.0 Å². The van der Waals surface area contributed by atoms with Crippen LogP contribution in [0.2, 0.25) is 0 Å². The van der Waals surface area contributed by atoms with Gasteiger partial charge in [0.1, 0.15) is 11.6 Å². The third kappa shape index (κ3) is 5.74. The lowest BCUT2D eigenvalue weighted by atomic mass is 10.1. The first kappa shape index (κ1) is 23.5. The number of carboxylic acids is 1. The van der Waals surface area contributed by atoms with Crippen LogP contribution in [0.3, 0.4) is 0 Å². The van der Waals surface area contributed by atoms with E-state index in [-0.39, 0.29) is 24.4 Å². The maximum atomic E-state index is 12.7. The summed E-state index contributed by atoms with van der Waals surface area (Å²) in [4.78, 5) is 50.7. The number of pyridine rings is 1. The summed E-state index contributed by atoms with van der Waals surface area (Å²) in [5.41, 5.74) is 7.03. The molecule has 0 spiro atoms. The van der Waals surface area contributed by atoms with Crippen molar-refractivity contribution in [3.63, 3.8) is 0 Å². The Morgan fingerprint density at radius 1 is 1.09 bits per heavy atom. The molecule has 0 saturated heterocycles. The van der Waals surface area contributed by atoms with Gasteiger partial charge in [-0.2, -0.15) is 0 Å². The van der Waals surface area contributed by atoms with Gasteiger partial charge in [0, 0.05) is 30.2 Å². The highest BCUT2D eigenvalue weighted by Gasteiger charge is 2.14. The smallest absolute Gasteiger partial charge is 0.320 e. The zero-order chi connectivity index (χ0) is 24.0. The number of H-pyrrole nitrogens is 1. The third-order valence-electron chi connectivity index (χ3n) is 5.09. The molecule has 1 heterocycles. The Balaban J connectivity index is 1.62. The van der Waals surface area contributed by atoms with Crippen LogP contribution in [0.1, 0.15) is 33.6 Å². The van der Waals surface area contributed by atoms with Gasteiger partial charge in [-0.15, -0.1) is 0 Å². The molecule has 10 nitrogen and oxygen atoms in total. The van der Waals surface area contributed by atoms with Crippen LogP contribution in [0.15, 0.2) is 53.3 Å². The fraction of sp³-hybridized carbons (Fsp3) is 0.217. The molecule has 172 valence electrons. The number of aromatic amines is 1. The summed E-state index contributed by atoms with van der Waals surface area (Å²) in [6.07, 6.45) is 0.689. The van der Waals surface area contributed by atoms with Crippen molar-refractivity contribution in [2.45, 2.75) is 18.9 Å². The predicted molar refractivity (Wildman–Crippen MR) is 126 cm³/mol. The van der Waals surface area contributed by atoms with E-state index in [4.69, 9.17) is 10.8 Å². The van der Waals surface area contributed by atoms with E-state index < -0.39 is 23.5 Å². The number of benzene rings is 2. The second-order valence-electron chi connectivity index (χ2n) is 7.41. The van der Waals surface area contributed by atoms with Crippen LogP contribution in [0.4, 0.5) is 11.4 Å². The number of hydrogen-bond donors (Lipinski definition) is 6. The number of nitrogens with one attached hydrogen (secondary N) is 4. The van der Waals surface area contributed by atoms with Crippen molar-refractivity contribution in [1.82, 2.24) is 10.3 Å². The van der Waals surface area contributed by atoms with E-state index in [1.54, 1.807) is 25.2 Å². The highest BCUT2D eigenvalue weighted by atomic mass is 16.4. The number of anilines is 2. The van der Waals surface area contributed by atoms with E-state index in [1.165, 1.54) is 18.2 Å². The number of amides is 2. The molecular weight excluding hydrogens is 426 g/mol. The van der Waals surface area contributed by atoms with Crippen molar-refractivity contribution in [1.29, 1.82) is 0 Å². The molecule has 0 aliphatic rings. The first-order valence-corrected chi connectivity index (χ1v) is 10.3. The minimum Gasteiger partial charge on any atom is -0.480 e.